The van der Waals surface area contributed by atoms with E-state index in [9.17, 15) is 23.5 Å². The molecule has 1 amide bonds. The molecule has 0 aliphatic carbocycles. The van der Waals surface area contributed by atoms with E-state index in [0.717, 1.165) is 30.5 Å². The zero-order valence-corrected chi connectivity index (χ0v) is 14.8. The molecule has 1 saturated heterocycles. The number of carbonyl (C=O) groups is 2. The summed E-state index contributed by atoms with van der Waals surface area (Å²) in [6.45, 7) is 1.11. The van der Waals surface area contributed by atoms with Gasteiger partial charge in [0.1, 0.15) is 11.6 Å². The van der Waals surface area contributed by atoms with Gasteiger partial charge < -0.3 is 10.0 Å². The fourth-order valence-corrected chi connectivity index (χ4v) is 3.54. The van der Waals surface area contributed by atoms with Crippen molar-refractivity contribution in [3.8, 4) is 0 Å². The number of hydrogen-bond donors (Lipinski definition) is 1. The van der Waals surface area contributed by atoms with Crippen molar-refractivity contribution in [2.24, 2.45) is 5.92 Å². The molecule has 0 atom stereocenters. The average Bonchev–Trinajstić information content (AvgIpc) is 2.65. The van der Waals surface area contributed by atoms with Gasteiger partial charge >= 0.3 is 5.97 Å². The van der Waals surface area contributed by atoms with Crippen LogP contribution in [-0.4, -0.2) is 35.0 Å². The molecular formula is C21H21F2NO3. The second kappa shape index (κ2) is 8.29. The van der Waals surface area contributed by atoms with E-state index in [1.807, 2.05) is 12.1 Å². The van der Waals surface area contributed by atoms with Crippen LogP contribution in [0.15, 0.2) is 42.5 Å². The van der Waals surface area contributed by atoms with Crippen molar-refractivity contribution < 1.29 is 23.5 Å². The van der Waals surface area contributed by atoms with Crippen LogP contribution in [0.25, 0.3) is 0 Å². The van der Waals surface area contributed by atoms with Crippen LogP contribution in [-0.2, 0) is 17.6 Å². The molecule has 1 heterocycles. The number of benzene rings is 2. The predicted octanol–water partition coefficient (Wildman–Crippen LogP) is 3.69. The molecule has 2 aromatic carbocycles. The zero-order valence-electron chi connectivity index (χ0n) is 14.8. The third-order valence-corrected chi connectivity index (χ3v) is 5.08. The number of rotatable bonds is 5. The van der Waals surface area contributed by atoms with E-state index in [2.05, 4.69) is 0 Å². The minimum atomic E-state index is -0.931. The molecule has 1 N–H and O–H groups in total. The lowest BCUT2D eigenvalue weighted by Crippen LogP contribution is -2.39. The van der Waals surface area contributed by atoms with Gasteiger partial charge in [0.25, 0.3) is 0 Å². The first-order chi connectivity index (χ1) is 12.9. The number of nitrogens with zero attached hydrogens (tertiary/aromatic N) is 1. The Morgan fingerprint density at radius 3 is 2.41 bits per heavy atom. The Morgan fingerprint density at radius 2 is 1.74 bits per heavy atom. The van der Waals surface area contributed by atoms with Crippen LogP contribution in [0, 0.1) is 17.6 Å². The van der Waals surface area contributed by atoms with Crippen LogP contribution >= 0.6 is 0 Å². The largest absolute Gasteiger partial charge is 0.478 e. The lowest BCUT2D eigenvalue weighted by Gasteiger charge is -2.32. The maximum absolute atomic E-state index is 13.7. The zero-order chi connectivity index (χ0) is 19.4. The van der Waals surface area contributed by atoms with Crippen LogP contribution in [0.2, 0.25) is 0 Å². The topological polar surface area (TPSA) is 57.6 Å². The number of amides is 1. The van der Waals surface area contributed by atoms with Crippen molar-refractivity contribution in [3.63, 3.8) is 0 Å². The summed E-state index contributed by atoms with van der Waals surface area (Å²) in [5.74, 6) is -2.17. The molecule has 27 heavy (non-hydrogen) atoms. The molecule has 3 rings (SSSR count). The summed E-state index contributed by atoms with van der Waals surface area (Å²) in [6.07, 6.45) is 2.12. The molecule has 142 valence electrons. The molecule has 0 unspecified atom stereocenters. The summed E-state index contributed by atoms with van der Waals surface area (Å²) in [4.78, 5) is 25.4. The lowest BCUT2D eigenvalue weighted by molar-refractivity contribution is -0.131. The first-order valence-corrected chi connectivity index (χ1v) is 8.97. The molecule has 6 heteroatoms. The summed E-state index contributed by atoms with van der Waals surface area (Å²) in [5.41, 5.74) is 1.32. The summed E-state index contributed by atoms with van der Waals surface area (Å²) in [7, 11) is 0. The number of carboxylic acid groups (broad SMARTS) is 1. The van der Waals surface area contributed by atoms with Gasteiger partial charge in [-0.3, -0.25) is 4.79 Å². The highest BCUT2D eigenvalue weighted by molar-refractivity contribution is 5.89. The first kappa shape index (κ1) is 19.0. The van der Waals surface area contributed by atoms with Crippen molar-refractivity contribution in [1.82, 2.24) is 4.90 Å². The number of halogens is 2. The Balaban J connectivity index is 1.56. The minimum absolute atomic E-state index is 0.0847. The second-order valence-corrected chi connectivity index (χ2v) is 6.90. The number of likely N-dealkylation sites (tertiary alicyclic amines) is 1. The fourth-order valence-electron chi connectivity index (χ4n) is 3.54. The smallest absolute Gasteiger partial charge is 0.335 e. The molecule has 0 bridgehead atoms. The molecule has 0 spiro atoms. The Kier molecular flexibility index (Phi) is 5.84. The Bertz CT molecular complexity index is 845. The van der Waals surface area contributed by atoms with E-state index < -0.39 is 17.6 Å². The maximum atomic E-state index is 13.7. The molecule has 0 aromatic heterocycles. The van der Waals surface area contributed by atoms with Crippen LogP contribution in [0.3, 0.4) is 0 Å². The van der Waals surface area contributed by atoms with Gasteiger partial charge in [0.15, 0.2) is 0 Å². The highest BCUT2D eigenvalue weighted by Gasteiger charge is 2.24. The predicted molar refractivity (Wildman–Crippen MR) is 96.5 cm³/mol. The van der Waals surface area contributed by atoms with Gasteiger partial charge in [-0.1, -0.05) is 24.3 Å². The fraction of sp³-hybridized carbons (Fsp3) is 0.333. The Labute approximate surface area is 156 Å². The normalized spacial score (nSPS) is 15.0. The molecule has 0 radical (unpaired) electrons. The summed E-state index contributed by atoms with van der Waals surface area (Å²) in [5, 5.41) is 9.28. The van der Waals surface area contributed by atoms with Crippen LogP contribution < -0.4 is 0 Å². The van der Waals surface area contributed by atoms with Crippen molar-refractivity contribution in [1.29, 1.82) is 0 Å². The lowest BCUT2D eigenvalue weighted by atomic mass is 9.88. The number of carboxylic acids is 1. The Hall–Kier alpha value is -2.76. The molecule has 4 nitrogen and oxygen atoms in total. The van der Waals surface area contributed by atoms with E-state index in [4.69, 9.17) is 0 Å². The number of carbonyl (C=O) groups excluding carboxylic acids is 1. The number of aromatic carboxylic acids is 1. The summed E-state index contributed by atoms with van der Waals surface area (Å²) < 4.78 is 26.7. The van der Waals surface area contributed by atoms with Crippen molar-refractivity contribution in [2.75, 3.05) is 13.1 Å². The molecule has 1 aliphatic rings. The molecule has 0 saturated carbocycles. The van der Waals surface area contributed by atoms with E-state index in [1.165, 1.54) is 6.07 Å². The van der Waals surface area contributed by atoms with Gasteiger partial charge in [-0.15, -0.1) is 0 Å². The average molecular weight is 373 g/mol. The van der Waals surface area contributed by atoms with Crippen LogP contribution in [0.1, 0.15) is 34.3 Å². The van der Waals surface area contributed by atoms with E-state index in [1.54, 1.807) is 17.0 Å². The molecule has 1 fully saturated rings. The number of piperidine rings is 1. The second-order valence-electron chi connectivity index (χ2n) is 6.90. The highest BCUT2D eigenvalue weighted by atomic mass is 19.1. The summed E-state index contributed by atoms with van der Waals surface area (Å²) >= 11 is 0. The van der Waals surface area contributed by atoms with Crippen molar-refractivity contribution in [2.45, 2.75) is 25.7 Å². The van der Waals surface area contributed by atoms with Crippen LogP contribution in [0.5, 0.6) is 0 Å². The monoisotopic (exact) mass is 373 g/mol. The molecular weight excluding hydrogens is 352 g/mol. The highest BCUT2D eigenvalue weighted by Crippen LogP contribution is 2.24. The SMILES string of the molecule is O=C(O)c1ccccc1CC1CCN(C(=O)Cc2ccc(F)cc2F)CC1. The molecule has 2 aromatic rings. The third kappa shape index (κ3) is 4.70. The number of hydrogen-bond acceptors (Lipinski definition) is 2. The van der Waals surface area contributed by atoms with Gasteiger partial charge in [0.2, 0.25) is 5.91 Å². The minimum Gasteiger partial charge on any atom is -0.478 e. The van der Waals surface area contributed by atoms with Crippen molar-refractivity contribution in [3.05, 3.63) is 70.8 Å². The van der Waals surface area contributed by atoms with E-state index in [0.29, 0.717) is 31.0 Å². The maximum Gasteiger partial charge on any atom is 0.335 e. The quantitative estimate of drug-likeness (QED) is 0.870. The summed E-state index contributed by atoms with van der Waals surface area (Å²) in [6, 6.07) is 10.2. The van der Waals surface area contributed by atoms with Gasteiger partial charge in [0.05, 0.1) is 12.0 Å². The van der Waals surface area contributed by atoms with Gasteiger partial charge in [0, 0.05) is 19.2 Å². The molecule has 1 aliphatic heterocycles. The van der Waals surface area contributed by atoms with Gasteiger partial charge in [-0.25, -0.2) is 13.6 Å². The van der Waals surface area contributed by atoms with Gasteiger partial charge in [-0.2, -0.15) is 0 Å². The first-order valence-electron chi connectivity index (χ1n) is 8.97. The van der Waals surface area contributed by atoms with Crippen LogP contribution in [0.4, 0.5) is 8.78 Å². The van der Waals surface area contributed by atoms with Crippen molar-refractivity contribution >= 4 is 11.9 Å². The Morgan fingerprint density at radius 1 is 1.04 bits per heavy atom. The third-order valence-electron chi connectivity index (χ3n) is 5.08. The van der Waals surface area contributed by atoms with Gasteiger partial charge in [-0.05, 0) is 48.4 Å². The van der Waals surface area contributed by atoms with E-state index >= 15 is 0 Å². The standard InChI is InChI=1S/C21H21F2NO3/c22-17-6-5-16(19(23)13-17)12-20(25)24-9-7-14(8-10-24)11-15-3-1-2-4-18(15)21(26)27/h1-6,13-14H,7-12H2,(H,26,27). The van der Waals surface area contributed by atoms with E-state index in [-0.39, 0.29) is 17.9 Å².